The lowest BCUT2D eigenvalue weighted by atomic mass is 9.84. The summed E-state index contributed by atoms with van der Waals surface area (Å²) in [4.78, 5) is 3.76. The van der Waals surface area contributed by atoms with Gasteiger partial charge in [0.25, 0.3) is 0 Å². The molecule has 3 rings (SSSR count). The molecule has 228 valence electrons. The summed E-state index contributed by atoms with van der Waals surface area (Å²) in [5.41, 5.74) is 28.8. The molecule has 2 heterocycles. The topological polar surface area (TPSA) is 301 Å². The molecule has 0 aromatic carbocycles. The first-order valence-electron chi connectivity index (χ1n) is 11.4. The third-order valence-electron chi connectivity index (χ3n) is 6.58. The number of aliphatic hydroxyl groups excluding tert-OH is 6. The largest absolute Gasteiger partial charge is 0.391 e. The van der Waals surface area contributed by atoms with Gasteiger partial charge in [-0.15, -0.1) is 0 Å². The highest BCUT2D eigenvalue weighted by Crippen LogP contribution is 2.32. The maximum absolute atomic E-state index is 10.8. The first-order valence-corrected chi connectivity index (χ1v) is 11.4. The Bertz CT molecular complexity index is 735. The molecule has 38 heavy (non-hydrogen) atoms. The Morgan fingerprint density at radius 2 is 1.39 bits per heavy atom. The van der Waals surface area contributed by atoms with Gasteiger partial charge in [0.1, 0.15) is 48.8 Å². The quantitative estimate of drug-likeness (QED) is 0.103. The minimum Gasteiger partial charge on any atom is -0.391 e. The van der Waals surface area contributed by atoms with Gasteiger partial charge >= 0.3 is 0 Å². The van der Waals surface area contributed by atoms with Gasteiger partial charge in [-0.05, 0) is 13.3 Å². The van der Waals surface area contributed by atoms with Gasteiger partial charge in [0.15, 0.2) is 18.5 Å². The summed E-state index contributed by atoms with van der Waals surface area (Å²) in [6, 6.07) is -2.88. The molecule has 2 saturated heterocycles. The molecule has 1 saturated carbocycles. The zero-order valence-corrected chi connectivity index (χ0v) is 19.2. The molecule has 16 N–H and O–H groups in total. The van der Waals surface area contributed by atoms with Gasteiger partial charge in [0.2, 0.25) is 0 Å². The lowest BCUT2D eigenvalue weighted by molar-refractivity contribution is -0.315. The highest BCUT2D eigenvalue weighted by Gasteiger charge is 2.52. The molecule has 5 unspecified atom stereocenters. The summed E-state index contributed by atoms with van der Waals surface area (Å²) < 4.78 is 22.9. The fourth-order valence-corrected chi connectivity index (χ4v) is 4.52. The minimum absolute atomic E-state index is 0. The molecule has 0 aromatic rings. The monoisotopic (exact) mass is 558 g/mol. The normalized spacial score (nSPS) is 45.6. The van der Waals surface area contributed by atoms with Crippen LogP contribution in [0.2, 0.25) is 0 Å². The summed E-state index contributed by atoms with van der Waals surface area (Å²) in [6.07, 6.45) is -15.7. The number of rotatable bonds is 7. The minimum atomic E-state index is -1.53. The number of hydrogen-bond acceptors (Lipinski definition) is 14. The maximum Gasteiger partial charge on any atom is 0.187 e. The molecule has 16 heteroatoms. The summed E-state index contributed by atoms with van der Waals surface area (Å²) in [6.45, 7) is 1.21. The highest BCUT2D eigenvalue weighted by atomic mass is 16.7. The second-order valence-corrected chi connectivity index (χ2v) is 9.31. The second kappa shape index (κ2) is 14.9. The van der Waals surface area contributed by atoms with Crippen molar-refractivity contribution < 1.29 is 49.6 Å². The van der Waals surface area contributed by atoms with E-state index in [0.717, 1.165) is 0 Å². The van der Waals surface area contributed by atoms with Crippen molar-refractivity contribution in [2.24, 2.45) is 33.7 Å². The van der Waals surface area contributed by atoms with Gasteiger partial charge in [0.05, 0.1) is 24.8 Å². The second-order valence-electron chi connectivity index (χ2n) is 9.31. The van der Waals surface area contributed by atoms with Crippen LogP contribution in [-0.2, 0) is 18.9 Å². The Morgan fingerprint density at radius 3 is 1.95 bits per heavy atom. The van der Waals surface area contributed by atoms with Gasteiger partial charge in [-0.2, -0.15) is 0 Å². The van der Waals surface area contributed by atoms with Crippen molar-refractivity contribution >= 4 is 5.96 Å². The predicted molar refractivity (Wildman–Crippen MR) is 138 cm³/mol. The molecule has 16 nitrogen and oxygen atoms in total. The van der Waals surface area contributed by atoms with Crippen LogP contribution in [0.25, 0.3) is 0 Å². The van der Waals surface area contributed by atoms with E-state index < -0.39 is 91.7 Å². The van der Waals surface area contributed by atoms with E-state index in [0.29, 0.717) is 0 Å². The number of guanidine groups is 1. The highest BCUT2D eigenvalue weighted by molar-refractivity contribution is 5.75. The molecular weight excluding hydrogens is 508 g/mol. The molecule has 0 spiro atoms. The summed E-state index contributed by atoms with van der Waals surface area (Å²) in [5.74, 6) is -0.237. The van der Waals surface area contributed by atoms with E-state index in [1.54, 1.807) is 0 Å². The third-order valence-corrected chi connectivity index (χ3v) is 6.58. The Morgan fingerprint density at radius 1 is 0.816 bits per heavy atom. The van der Waals surface area contributed by atoms with Crippen LogP contribution in [0.15, 0.2) is 4.99 Å². The van der Waals surface area contributed by atoms with Crippen molar-refractivity contribution in [2.45, 2.75) is 127 Å². The smallest absolute Gasteiger partial charge is 0.187 e. The molecule has 3 aliphatic rings. The summed E-state index contributed by atoms with van der Waals surface area (Å²) in [5, 5.41) is 61.9. The Hall–Kier alpha value is -1.25. The van der Waals surface area contributed by atoms with E-state index in [2.05, 4.69) is 4.99 Å². The van der Waals surface area contributed by atoms with Crippen molar-refractivity contribution in [3.8, 4) is 0 Å². The Kier molecular flexibility index (Phi) is 14.5. The number of aliphatic imine (C=N–C) groups is 1. The van der Waals surface area contributed by atoms with Crippen LogP contribution >= 0.6 is 0 Å². The van der Waals surface area contributed by atoms with E-state index in [1.165, 1.54) is 6.92 Å². The molecule has 0 aromatic heterocycles. The fraction of sp³-hybridized carbons (Fsp3) is 0.955. The fourth-order valence-electron chi connectivity index (χ4n) is 4.52. The van der Waals surface area contributed by atoms with Crippen LogP contribution in [0.1, 0.15) is 35.6 Å². The average Bonchev–Trinajstić information content (AvgIpc) is 3.05. The van der Waals surface area contributed by atoms with Crippen LogP contribution in [0.5, 0.6) is 0 Å². The molecular formula is C22H50N6O10. The lowest BCUT2D eigenvalue weighted by Crippen LogP contribution is -2.68. The zero-order valence-electron chi connectivity index (χ0n) is 19.2. The van der Waals surface area contributed by atoms with E-state index in [4.69, 9.17) is 47.6 Å². The Balaban J connectivity index is 0.00000456. The molecule has 3 fully saturated rings. The van der Waals surface area contributed by atoms with Gasteiger partial charge in [-0.25, -0.2) is 0 Å². The van der Waals surface area contributed by atoms with E-state index in [-0.39, 0.29) is 41.2 Å². The predicted octanol–water partition coefficient (Wildman–Crippen LogP) is -5.04. The van der Waals surface area contributed by atoms with Crippen molar-refractivity contribution in [1.29, 1.82) is 0 Å². The van der Waals surface area contributed by atoms with E-state index in [1.807, 2.05) is 0 Å². The van der Waals surface area contributed by atoms with Gasteiger partial charge in [0, 0.05) is 12.1 Å². The lowest BCUT2D eigenvalue weighted by Gasteiger charge is -2.47. The molecule has 2 aliphatic heterocycles. The van der Waals surface area contributed by atoms with Crippen LogP contribution in [0.3, 0.4) is 0 Å². The first kappa shape index (κ1) is 36.8. The van der Waals surface area contributed by atoms with Crippen molar-refractivity contribution in [1.82, 2.24) is 0 Å². The first-order chi connectivity index (χ1) is 16.3. The number of aliphatic hydroxyl groups is 6. The SMILES string of the molecule is C.C.C.C[C@@H](O)C1O[C@H](O[C@@H]2C(N)C[C@@H](N)C(O)[C@H]2O[C@@H]2O[C@H](CN=C(N)N)[C@H](O)C2O)C(N)[C@@H](O)[C@@H]1O. The zero-order chi connectivity index (χ0) is 26.2. The van der Waals surface area contributed by atoms with Crippen molar-refractivity contribution in [3.05, 3.63) is 0 Å². The molecule has 15 atom stereocenters. The van der Waals surface area contributed by atoms with Gasteiger partial charge in [-0.3, -0.25) is 4.99 Å². The Labute approximate surface area is 223 Å². The van der Waals surface area contributed by atoms with Gasteiger partial charge < -0.3 is 78.3 Å². The third kappa shape index (κ3) is 7.69. The van der Waals surface area contributed by atoms with Crippen LogP contribution < -0.4 is 28.7 Å². The standard InChI is InChI=1S/C19H38N6O10.3CH4/c1-4(26)14-12(30)11(29)8(22)17(33-14)34-15-6(21)2-5(20)9(27)16(15)35-18-13(31)10(28)7(32-18)3-25-19(23)24;;;/h4-18,26-31H,2-3,20-22H2,1H3,(H4,23,24,25);3*1H4/t4-,5-,6?,7-,8?,9?,10+,11-,12+,13?,14?,15-,16-,17-,18+;;;/m1.../s1. The van der Waals surface area contributed by atoms with Crippen molar-refractivity contribution in [2.75, 3.05) is 6.54 Å². The number of ether oxygens (including phenoxy) is 4. The molecule has 0 radical (unpaired) electrons. The van der Waals surface area contributed by atoms with Crippen LogP contribution in [0.4, 0.5) is 0 Å². The number of nitrogens with two attached hydrogens (primary N) is 5. The number of hydrogen-bond donors (Lipinski definition) is 11. The molecule has 1 aliphatic carbocycles. The maximum atomic E-state index is 10.8. The van der Waals surface area contributed by atoms with Gasteiger partial charge in [-0.1, -0.05) is 22.3 Å². The van der Waals surface area contributed by atoms with E-state index >= 15 is 0 Å². The average molecular weight is 559 g/mol. The number of nitrogens with zero attached hydrogens (tertiary/aromatic N) is 1. The van der Waals surface area contributed by atoms with Crippen LogP contribution in [0, 0.1) is 0 Å². The van der Waals surface area contributed by atoms with Crippen molar-refractivity contribution in [3.63, 3.8) is 0 Å². The molecule has 0 amide bonds. The summed E-state index contributed by atoms with van der Waals surface area (Å²) >= 11 is 0. The molecule has 0 bridgehead atoms. The van der Waals surface area contributed by atoms with Crippen LogP contribution in [-0.4, -0.2) is 135 Å². The van der Waals surface area contributed by atoms with E-state index in [9.17, 15) is 30.6 Å². The summed E-state index contributed by atoms with van der Waals surface area (Å²) in [7, 11) is 0.